The van der Waals surface area contributed by atoms with Crippen LogP contribution < -0.4 is 5.32 Å². The summed E-state index contributed by atoms with van der Waals surface area (Å²) in [6, 6.07) is 7.42. The summed E-state index contributed by atoms with van der Waals surface area (Å²) in [5, 5.41) is 11.2. The van der Waals surface area contributed by atoms with Crippen molar-refractivity contribution in [1.82, 2.24) is 29.2 Å². The van der Waals surface area contributed by atoms with Gasteiger partial charge in [-0.1, -0.05) is 31.5 Å². The minimum atomic E-state index is -4.50. The van der Waals surface area contributed by atoms with Crippen LogP contribution in [0.25, 0.3) is 16.8 Å². The molecule has 204 valence electrons. The maximum atomic E-state index is 13.5. The highest BCUT2D eigenvalue weighted by atomic mass is 19.4. The van der Waals surface area contributed by atoms with E-state index in [2.05, 4.69) is 9.97 Å². The molecule has 5 rings (SSSR count). The molecule has 0 saturated carbocycles. The van der Waals surface area contributed by atoms with Crippen molar-refractivity contribution in [1.29, 1.82) is 0 Å². The molecular formula is C26H25F3N6O4. The summed E-state index contributed by atoms with van der Waals surface area (Å²) in [6.07, 6.45) is 0.624. The minimum Gasteiger partial charge on any atom is -0.481 e. The van der Waals surface area contributed by atoms with Gasteiger partial charge in [0, 0.05) is 42.7 Å². The second-order valence-electron chi connectivity index (χ2n) is 9.52. The Balaban J connectivity index is 1.50. The monoisotopic (exact) mass is 542 g/mol. The molecule has 0 bridgehead atoms. The van der Waals surface area contributed by atoms with E-state index >= 15 is 0 Å². The first-order chi connectivity index (χ1) is 18.6. The molecule has 4 aromatic rings. The molecule has 10 nitrogen and oxygen atoms in total. The molecule has 2 atom stereocenters. The third kappa shape index (κ3) is 5.03. The van der Waals surface area contributed by atoms with Crippen LogP contribution in [-0.2, 0) is 11.2 Å². The molecule has 1 aromatic carbocycles. The third-order valence-corrected chi connectivity index (χ3v) is 7.08. The van der Waals surface area contributed by atoms with Gasteiger partial charge in [0.15, 0.2) is 11.3 Å². The number of alkyl halides is 3. The number of nitrogens with zero attached hydrogens (tertiary/aromatic N) is 5. The van der Waals surface area contributed by atoms with Gasteiger partial charge in [-0.15, -0.1) is 0 Å². The number of carbonyl (C=O) groups excluding carboxylic acids is 2. The number of carboxylic acid groups (broad SMARTS) is 1. The van der Waals surface area contributed by atoms with E-state index < -0.39 is 30.6 Å². The Bertz CT molecular complexity index is 1580. The van der Waals surface area contributed by atoms with Crippen LogP contribution in [0.4, 0.5) is 18.0 Å². The SMILES string of the molecule is CC[C@@H]1CN(C(=O)NCC(F)(F)F)C[C@@H]1c1cnc2cnc3c(ccn3C(=O)c3ccccc3CC(=O)O)n12. The maximum absolute atomic E-state index is 13.5. The molecule has 2 amide bonds. The number of hydrogen-bond donors (Lipinski definition) is 2. The Labute approximate surface area is 220 Å². The van der Waals surface area contributed by atoms with E-state index in [1.54, 1.807) is 42.7 Å². The normalized spacial score (nSPS) is 17.7. The Morgan fingerprint density at radius 2 is 1.87 bits per heavy atom. The van der Waals surface area contributed by atoms with Gasteiger partial charge >= 0.3 is 18.2 Å². The molecule has 0 spiro atoms. The minimum absolute atomic E-state index is 0.0173. The van der Waals surface area contributed by atoms with Gasteiger partial charge in [0.2, 0.25) is 0 Å². The van der Waals surface area contributed by atoms with Gasteiger partial charge in [-0.25, -0.2) is 14.8 Å². The van der Waals surface area contributed by atoms with E-state index in [4.69, 9.17) is 0 Å². The van der Waals surface area contributed by atoms with Gasteiger partial charge < -0.3 is 15.3 Å². The summed E-state index contributed by atoms with van der Waals surface area (Å²) in [6.45, 7) is 1.07. The lowest BCUT2D eigenvalue weighted by atomic mass is 9.91. The largest absolute Gasteiger partial charge is 0.481 e. The van der Waals surface area contributed by atoms with Crippen molar-refractivity contribution in [3.63, 3.8) is 0 Å². The number of amides is 2. The molecule has 1 saturated heterocycles. The Morgan fingerprint density at radius 3 is 2.59 bits per heavy atom. The fraction of sp³-hybridized carbons (Fsp3) is 0.346. The molecule has 3 aromatic heterocycles. The molecule has 39 heavy (non-hydrogen) atoms. The van der Waals surface area contributed by atoms with E-state index in [1.807, 2.05) is 16.6 Å². The van der Waals surface area contributed by atoms with Crippen LogP contribution in [0.5, 0.6) is 0 Å². The second-order valence-corrected chi connectivity index (χ2v) is 9.52. The van der Waals surface area contributed by atoms with Gasteiger partial charge in [0.1, 0.15) is 6.54 Å². The van der Waals surface area contributed by atoms with Gasteiger partial charge in [0.25, 0.3) is 5.91 Å². The van der Waals surface area contributed by atoms with Crippen molar-refractivity contribution in [3.8, 4) is 0 Å². The zero-order valence-corrected chi connectivity index (χ0v) is 20.9. The number of nitrogens with one attached hydrogen (secondary N) is 1. The molecule has 4 heterocycles. The first kappa shape index (κ1) is 26.2. The van der Waals surface area contributed by atoms with Crippen molar-refractivity contribution in [2.45, 2.75) is 31.9 Å². The predicted octanol–water partition coefficient (Wildman–Crippen LogP) is 3.70. The van der Waals surface area contributed by atoms with Crippen molar-refractivity contribution < 1.29 is 32.7 Å². The summed E-state index contributed by atoms with van der Waals surface area (Å²) in [7, 11) is 0. The third-order valence-electron chi connectivity index (χ3n) is 7.08. The lowest BCUT2D eigenvalue weighted by Crippen LogP contribution is -2.42. The van der Waals surface area contributed by atoms with Crippen molar-refractivity contribution in [3.05, 3.63) is 65.7 Å². The lowest BCUT2D eigenvalue weighted by molar-refractivity contribution is -0.136. The number of aromatic nitrogens is 4. The maximum Gasteiger partial charge on any atom is 0.405 e. The molecular weight excluding hydrogens is 517 g/mol. The molecule has 1 aliphatic heterocycles. The van der Waals surface area contributed by atoms with Gasteiger partial charge in [-0.3, -0.25) is 18.6 Å². The van der Waals surface area contributed by atoms with Crippen LogP contribution in [0.3, 0.4) is 0 Å². The number of carbonyl (C=O) groups is 3. The second kappa shape index (κ2) is 10.0. The van der Waals surface area contributed by atoms with Crippen LogP contribution in [0.2, 0.25) is 0 Å². The molecule has 0 aliphatic carbocycles. The zero-order chi connectivity index (χ0) is 27.9. The van der Waals surface area contributed by atoms with Gasteiger partial charge in [0.05, 0.1) is 18.1 Å². The number of rotatable bonds is 6. The number of likely N-dealkylation sites (tertiary alicyclic amines) is 1. The van der Waals surface area contributed by atoms with Gasteiger partial charge in [-0.05, 0) is 23.6 Å². The van der Waals surface area contributed by atoms with E-state index in [0.29, 0.717) is 35.3 Å². The highest BCUT2D eigenvalue weighted by Crippen LogP contribution is 2.36. The fourth-order valence-corrected chi connectivity index (χ4v) is 5.24. The molecule has 13 heteroatoms. The summed E-state index contributed by atoms with van der Waals surface area (Å²) in [4.78, 5) is 47.5. The number of carboxylic acids is 1. The van der Waals surface area contributed by atoms with E-state index in [0.717, 1.165) is 5.69 Å². The highest BCUT2D eigenvalue weighted by molar-refractivity contribution is 6.02. The fourth-order valence-electron chi connectivity index (χ4n) is 5.24. The molecule has 1 fully saturated rings. The quantitative estimate of drug-likeness (QED) is 0.383. The summed E-state index contributed by atoms with van der Waals surface area (Å²) < 4.78 is 41.0. The van der Waals surface area contributed by atoms with Crippen LogP contribution in [-0.4, -0.2) is 72.7 Å². The summed E-state index contributed by atoms with van der Waals surface area (Å²) in [5.41, 5.74) is 2.81. The Kier molecular flexibility index (Phi) is 6.74. The van der Waals surface area contributed by atoms with Crippen molar-refractivity contribution in [2.75, 3.05) is 19.6 Å². The number of urea groups is 1. The topological polar surface area (TPSA) is 122 Å². The van der Waals surface area contributed by atoms with Crippen LogP contribution >= 0.6 is 0 Å². The first-order valence-electron chi connectivity index (χ1n) is 12.3. The van der Waals surface area contributed by atoms with Gasteiger partial charge in [-0.2, -0.15) is 13.2 Å². The number of fused-ring (bicyclic) bond motifs is 3. The standard InChI is InChI=1S/C26H25F3N6O4/c1-2-15-12-33(25(39)32-14-26(27,28)29)13-18(15)20-10-30-21-11-31-23-19(35(20)21)7-8-34(23)24(38)17-6-4-3-5-16(17)9-22(36)37/h3-8,10-11,15,18H,2,9,12-14H2,1H3,(H,32,39)(H,36,37)/t15-,18+/m1/s1. The molecule has 2 N–H and O–H groups in total. The van der Waals surface area contributed by atoms with E-state index in [1.165, 1.54) is 15.7 Å². The Morgan fingerprint density at radius 1 is 1.10 bits per heavy atom. The molecule has 1 aliphatic rings. The van der Waals surface area contributed by atoms with Crippen LogP contribution in [0, 0.1) is 5.92 Å². The zero-order valence-electron chi connectivity index (χ0n) is 20.9. The number of hydrogen-bond acceptors (Lipinski definition) is 5. The van der Waals surface area contributed by atoms with Crippen LogP contribution in [0.15, 0.2) is 48.9 Å². The van der Waals surface area contributed by atoms with Crippen LogP contribution in [0.1, 0.15) is 40.9 Å². The van der Waals surface area contributed by atoms with E-state index in [9.17, 15) is 32.7 Å². The summed E-state index contributed by atoms with van der Waals surface area (Å²) in [5.74, 6) is -1.71. The predicted molar refractivity (Wildman–Crippen MR) is 134 cm³/mol. The average Bonchev–Trinajstić information content (AvgIpc) is 3.62. The Hall–Kier alpha value is -4.42. The number of aliphatic carboxylic acids is 1. The number of benzene rings is 1. The van der Waals surface area contributed by atoms with Crippen molar-refractivity contribution in [2.24, 2.45) is 5.92 Å². The summed E-state index contributed by atoms with van der Waals surface area (Å²) >= 11 is 0. The van der Waals surface area contributed by atoms with Crippen molar-refractivity contribution >= 4 is 34.7 Å². The number of imidazole rings is 1. The average molecular weight is 543 g/mol. The number of halogens is 3. The molecule has 0 radical (unpaired) electrons. The smallest absolute Gasteiger partial charge is 0.405 e. The highest BCUT2D eigenvalue weighted by Gasteiger charge is 2.38. The van der Waals surface area contributed by atoms with E-state index in [-0.39, 0.29) is 30.4 Å². The lowest BCUT2D eigenvalue weighted by Gasteiger charge is -2.18. The first-order valence-corrected chi connectivity index (χ1v) is 12.3. The molecule has 0 unspecified atom stereocenters.